The van der Waals surface area contributed by atoms with Gasteiger partial charge in [0.15, 0.2) is 12.2 Å². The highest BCUT2D eigenvalue weighted by Crippen LogP contribution is 2.45. The van der Waals surface area contributed by atoms with E-state index in [1.165, 1.54) is 231 Å². The molecule has 0 aromatic heterocycles. The largest absolute Gasteiger partial charge is 0.472 e. The van der Waals surface area contributed by atoms with E-state index in [4.69, 9.17) is 37.0 Å². The van der Waals surface area contributed by atoms with Gasteiger partial charge in [0.05, 0.1) is 26.4 Å². The highest BCUT2D eigenvalue weighted by atomic mass is 31.2. The van der Waals surface area contributed by atoms with Crippen molar-refractivity contribution in [2.45, 2.75) is 465 Å². The number of rotatable bonds is 85. The van der Waals surface area contributed by atoms with Gasteiger partial charge in [-0.2, -0.15) is 0 Å². The highest BCUT2D eigenvalue weighted by molar-refractivity contribution is 7.47. The molecule has 638 valence electrons. The van der Waals surface area contributed by atoms with Gasteiger partial charge in [0.2, 0.25) is 0 Å². The van der Waals surface area contributed by atoms with Gasteiger partial charge < -0.3 is 33.8 Å². The molecule has 0 amide bonds. The van der Waals surface area contributed by atoms with Gasteiger partial charge in [-0.25, -0.2) is 9.13 Å². The molecule has 108 heavy (non-hydrogen) atoms. The van der Waals surface area contributed by atoms with E-state index in [1.54, 1.807) is 0 Å². The molecule has 0 rings (SSSR count). The summed E-state index contributed by atoms with van der Waals surface area (Å²) < 4.78 is 68.9. The van der Waals surface area contributed by atoms with Crippen LogP contribution >= 0.6 is 15.6 Å². The standard InChI is InChI=1S/C89H170O17P2/c1-8-11-12-13-14-15-16-17-26-33-38-43-48-56-63-70-86(91)99-76-84(105-88(93)72-65-58-49-44-39-34-29-24-20-18-22-27-31-36-41-46-53-60-67-80(4)5)78-103-107(95,96)101-74-83(90)75-102-108(97,98)104-79-85(77-100-87(92)71-64-57-52-51-55-62-69-82(7)10-3)106-89(94)73-66-59-50-45-40-35-30-25-21-19-23-28-32-37-42-47-54-61-68-81(6)9-2/h15-17,26,80-85,90H,8-14,18-25,27-79H2,1-7H3,(H,95,96)(H,97,98)/b16-15-,26-17-/t81?,82?,83-,84-,85-/m1/s1. The van der Waals surface area contributed by atoms with E-state index in [0.717, 1.165) is 133 Å². The number of esters is 4. The summed E-state index contributed by atoms with van der Waals surface area (Å²) in [5.74, 6) is 0.284. The van der Waals surface area contributed by atoms with E-state index in [2.05, 4.69) is 72.8 Å². The number of aliphatic hydroxyl groups is 1. The molecule has 0 aliphatic heterocycles. The number of aliphatic hydroxyl groups excluding tert-OH is 1. The third-order valence-electron chi connectivity index (χ3n) is 21.0. The minimum absolute atomic E-state index is 0.101. The van der Waals surface area contributed by atoms with Crippen LogP contribution in [-0.2, 0) is 65.4 Å². The summed E-state index contributed by atoms with van der Waals surface area (Å²) in [6.45, 7) is 12.0. The predicted octanol–water partition coefficient (Wildman–Crippen LogP) is 26.8. The molecule has 0 saturated carbocycles. The van der Waals surface area contributed by atoms with E-state index in [-0.39, 0.29) is 25.7 Å². The van der Waals surface area contributed by atoms with Crippen molar-refractivity contribution in [1.29, 1.82) is 0 Å². The summed E-state index contributed by atoms with van der Waals surface area (Å²) in [4.78, 5) is 73.3. The Morgan fingerprint density at radius 2 is 0.546 bits per heavy atom. The van der Waals surface area contributed by atoms with Crippen LogP contribution in [0.2, 0.25) is 0 Å². The summed E-state index contributed by atoms with van der Waals surface area (Å²) in [6, 6.07) is 0. The van der Waals surface area contributed by atoms with Crippen LogP contribution in [-0.4, -0.2) is 96.7 Å². The normalized spacial score (nSPS) is 14.5. The Hall–Kier alpha value is -2.46. The van der Waals surface area contributed by atoms with Gasteiger partial charge in [0.1, 0.15) is 19.3 Å². The number of ether oxygens (including phenoxy) is 4. The van der Waals surface area contributed by atoms with E-state index >= 15 is 0 Å². The van der Waals surface area contributed by atoms with E-state index in [1.807, 2.05) is 0 Å². The molecule has 0 fully saturated rings. The second-order valence-corrected chi connectivity index (χ2v) is 35.2. The third kappa shape index (κ3) is 78.8. The minimum Gasteiger partial charge on any atom is -0.462 e. The summed E-state index contributed by atoms with van der Waals surface area (Å²) in [5.41, 5.74) is 0. The maximum atomic E-state index is 13.1. The zero-order valence-corrected chi connectivity index (χ0v) is 72.6. The molecule has 0 aromatic carbocycles. The van der Waals surface area contributed by atoms with Crippen LogP contribution in [0.5, 0.6) is 0 Å². The number of phosphoric acid groups is 2. The van der Waals surface area contributed by atoms with Gasteiger partial charge in [-0.15, -0.1) is 0 Å². The van der Waals surface area contributed by atoms with Crippen molar-refractivity contribution in [3.8, 4) is 0 Å². The molecular weight excluding hydrogens is 1400 g/mol. The van der Waals surface area contributed by atoms with Crippen molar-refractivity contribution in [1.82, 2.24) is 0 Å². The molecule has 0 aliphatic carbocycles. The first-order valence-corrected chi connectivity index (χ1v) is 48.2. The van der Waals surface area contributed by atoms with Gasteiger partial charge in [0, 0.05) is 25.7 Å². The van der Waals surface area contributed by atoms with Crippen molar-refractivity contribution < 1.29 is 80.2 Å². The van der Waals surface area contributed by atoms with Gasteiger partial charge in [0.25, 0.3) is 0 Å². The van der Waals surface area contributed by atoms with Gasteiger partial charge in [-0.3, -0.25) is 37.3 Å². The zero-order chi connectivity index (χ0) is 79.3. The van der Waals surface area contributed by atoms with Crippen LogP contribution in [0.4, 0.5) is 0 Å². The third-order valence-corrected chi connectivity index (χ3v) is 22.9. The fourth-order valence-electron chi connectivity index (χ4n) is 13.3. The molecule has 19 heteroatoms. The SMILES string of the molecule is CCCCCC/C=C\C=C/CCCCCCCC(=O)OC[C@H](COP(=O)(O)OC[C@@H](O)COP(=O)(O)OC[C@@H](COC(=O)CCCCCCCCC(C)CC)OC(=O)CCCCCCCCCCCCCCCCCCCCC(C)CC)OC(=O)CCCCCCCCCCCCCCCCCCCCC(C)C. The van der Waals surface area contributed by atoms with Crippen LogP contribution < -0.4 is 0 Å². The lowest BCUT2D eigenvalue weighted by Crippen LogP contribution is -2.30. The maximum absolute atomic E-state index is 13.1. The Labute approximate surface area is 663 Å². The van der Waals surface area contributed by atoms with E-state index in [9.17, 15) is 43.2 Å². The van der Waals surface area contributed by atoms with Gasteiger partial charge in [-0.1, -0.05) is 394 Å². The van der Waals surface area contributed by atoms with Crippen LogP contribution in [0, 0.1) is 17.8 Å². The molecule has 0 spiro atoms. The molecule has 3 N–H and O–H groups in total. The number of carbonyl (C=O) groups is 4. The second kappa shape index (κ2) is 78.4. The summed E-state index contributed by atoms with van der Waals surface area (Å²) >= 11 is 0. The van der Waals surface area contributed by atoms with Crippen LogP contribution in [0.25, 0.3) is 0 Å². The molecule has 0 radical (unpaired) electrons. The molecule has 0 heterocycles. The Balaban J connectivity index is 5.22. The van der Waals surface area contributed by atoms with Crippen molar-refractivity contribution in [2.75, 3.05) is 39.6 Å². The van der Waals surface area contributed by atoms with Gasteiger partial charge >= 0.3 is 39.5 Å². The number of unbranched alkanes of at least 4 members (excludes halogenated alkanes) is 48. The van der Waals surface area contributed by atoms with Crippen LogP contribution in [0.3, 0.4) is 0 Å². The monoisotopic (exact) mass is 1570 g/mol. The lowest BCUT2D eigenvalue weighted by Gasteiger charge is -2.21. The maximum Gasteiger partial charge on any atom is 0.472 e. The summed E-state index contributed by atoms with van der Waals surface area (Å²) in [5, 5.41) is 10.7. The van der Waals surface area contributed by atoms with Crippen molar-refractivity contribution >= 4 is 39.5 Å². The second-order valence-electron chi connectivity index (χ2n) is 32.3. The Morgan fingerprint density at radius 1 is 0.306 bits per heavy atom. The zero-order valence-electron chi connectivity index (χ0n) is 70.8. The number of carbonyl (C=O) groups excluding carboxylic acids is 4. The van der Waals surface area contributed by atoms with Crippen molar-refractivity contribution in [2.24, 2.45) is 17.8 Å². The predicted molar refractivity (Wildman–Crippen MR) is 446 cm³/mol. The molecule has 7 atom stereocenters. The highest BCUT2D eigenvalue weighted by Gasteiger charge is 2.31. The molecule has 0 aromatic rings. The molecule has 0 bridgehead atoms. The fourth-order valence-corrected chi connectivity index (χ4v) is 14.9. The minimum atomic E-state index is -4.97. The van der Waals surface area contributed by atoms with Gasteiger partial charge in [-0.05, 0) is 69.1 Å². The average Bonchev–Trinajstić information content (AvgIpc) is 0.900. The first kappa shape index (κ1) is 106. The topological polar surface area (TPSA) is 237 Å². The first-order chi connectivity index (χ1) is 52.3. The quantitative estimate of drug-likeness (QED) is 0.0169. The Bertz CT molecular complexity index is 2180. The first-order valence-electron chi connectivity index (χ1n) is 45.2. The number of hydrogen-bond donors (Lipinski definition) is 3. The number of allylic oxidation sites excluding steroid dienone is 4. The van der Waals surface area contributed by atoms with Crippen molar-refractivity contribution in [3.05, 3.63) is 24.3 Å². The summed E-state index contributed by atoms with van der Waals surface area (Å²) in [6.07, 6.45) is 73.1. The Kier molecular flexibility index (Phi) is 76.6. The molecule has 17 nitrogen and oxygen atoms in total. The van der Waals surface area contributed by atoms with E-state index < -0.39 is 97.5 Å². The summed E-state index contributed by atoms with van der Waals surface area (Å²) in [7, 11) is -9.94. The van der Waals surface area contributed by atoms with Crippen molar-refractivity contribution in [3.63, 3.8) is 0 Å². The van der Waals surface area contributed by atoms with Crippen LogP contribution in [0.15, 0.2) is 24.3 Å². The molecule has 0 aliphatic rings. The number of hydrogen-bond acceptors (Lipinski definition) is 15. The lowest BCUT2D eigenvalue weighted by atomic mass is 9.99. The molecule has 4 unspecified atom stereocenters. The fraction of sp³-hybridized carbons (Fsp3) is 0.910. The molecular formula is C89H170O17P2. The lowest BCUT2D eigenvalue weighted by molar-refractivity contribution is -0.161. The van der Waals surface area contributed by atoms with Crippen LogP contribution in [0.1, 0.15) is 447 Å². The average molecular weight is 1570 g/mol. The smallest absolute Gasteiger partial charge is 0.462 e. The van der Waals surface area contributed by atoms with E-state index in [0.29, 0.717) is 25.7 Å². The number of phosphoric ester groups is 2. The Morgan fingerprint density at radius 3 is 0.824 bits per heavy atom. The molecule has 0 saturated heterocycles.